The molecule has 3 aromatic rings. The highest BCUT2D eigenvalue weighted by molar-refractivity contribution is 5.95. The zero-order valence-corrected chi connectivity index (χ0v) is 15.8. The maximum Gasteiger partial charge on any atom is 0.325 e. The molecule has 1 saturated carbocycles. The highest BCUT2D eigenvalue weighted by Crippen LogP contribution is 2.40. The molecule has 0 atom stereocenters. The minimum absolute atomic E-state index is 0.0223. The number of nitrogens with zero attached hydrogens (tertiary/aromatic N) is 6. The van der Waals surface area contributed by atoms with Crippen molar-refractivity contribution in [3.05, 3.63) is 42.2 Å². The number of fused-ring (bicyclic) bond motifs is 3. The number of imidazole rings is 1. The Kier molecular flexibility index (Phi) is 3.70. The van der Waals surface area contributed by atoms with Gasteiger partial charge >= 0.3 is 6.03 Å². The van der Waals surface area contributed by atoms with Gasteiger partial charge in [-0.3, -0.25) is 9.47 Å². The third-order valence-corrected chi connectivity index (χ3v) is 5.70. The highest BCUT2D eigenvalue weighted by Gasteiger charge is 2.34. The third-order valence-electron chi connectivity index (χ3n) is 5.70. The van der Waals surface area contributed by atoms with Crippen molar-refractivity contribution in [3.8, 4) is 17.2 Å². The molecule has 0 bridgehead atoms. The summed E-state index contributed by atoms with van der Waals surface area (Å²) in [5, 5.41) is 4.15. The summed E-state index contributed by atoms with van der Waals surface area (Å²) in [6.07, 6.45) is 3.96. The molecule has 0 spiro atoms. The number of rotatable bonds is 2. The Morgan fingerprint density at radius 3 is 2.69 bits per heavy atom. The van der Waals surface area contributed by atoms with Gasteiger partial charge in [0.05, 0.1) is 36.8 Å². The van der Waals surface area contributed by atoms with Crippen LogP contribution >= 0.6 is 0 Å². The molecular formula is C20H20N6O3. The summed E-state index contributed by atoms with van der Waals surface area (Å²) in [7, 11) is 0. The van der Waals surface area contributed by atoms with Crippen molar-refractivity contribution in [3.63, 3.8) is 0 Å². The van der Waals surface area contributed by atoms with Crippen molar-refractivity contribution >= 4 is 11.7 Å². The van der Waals surface area contributed by atoms with Crippen LogP contribution < -0.4 is 4.90 Å². The first-order valence-corrected chi connectivity index (χ1v) is 9.93. The predicted octanol–water partition coefficient (Wildman–Crippen LogP) is 2.57. The van der Waals surface area contributed by atoms with Gasteiger partial charge in [0.15, 0.2) is 0 Å². The summed E-state index contributed by atoms with van der Waals surface area (Å²) in [5.74, 6) is 1.55. The fraction of sp³-hybridized carbons (Fsp3) is 0.400. The quantitative estimate of drug-likeness (QED) is 0.666. The number of urea groups is 1. The lowest BCUT2D eigenvalue weighted by atomic mass is 10.1. The minimum Gasteiger partial charge on any atom is -0.378 e. The van der Waals surface area contributed by atoms with Gasteiger partial charge in [-0.15, -0.1) is 0 Å². The normalized spacial score (nSPS) is 18.5. The van der Waals surface area contributed by atoms with E-state index in [2.05, 4.69) is 15.1 Å². The average Bonchev–Trinajstić information content (AvgIpc) is 3.35. The van der Waals surface area contributed by atoms with Crippen molar-refractivity contribution in [1.29, 1.82) is 0 Å². The molecule has 2 amide bonds. The molecule has 3 aliphatic rings. The van der Waals surface area contributed by atoms with Gasteiger partial charge in [0, 0.05) is 19.0 Å². The molecule has 9 nitrogen and oxygen atoms in total. The number of hydrogen-bond acceptors (Lipinski definition) is 6. The number of hydrogen-bond donors (Lipinski definition) is 0. The van der Waals surface area contributed by atoms with Gasteiger partial charge in [-0.25, -0.2) is 9.78 Å². The maximum absolute atomic E-state index is 13.3. The van der Waals surface area contributed by atoms with Crippen molar-refractivity contribution in [1.82, 2.24) is 24.6 Å². The van der Waals surface area contributed by atoms with Gasteiger partial charge in [-0.05, 0) is 25.0 Å². The van der Waals surface area contributed by atoms with Gasteiger partial charge in [0.2, 0.25) is 11.7 Å². The zero-order chi connectivity index (χ0) is 19.4. The highest BCUT2D eigenvalue weighted by atomic mass is 16.5. The number of aromatic nitrogens is 4. The predicted molar refractivity (Wildman–Crippen MR) is 103 cm³/mol. The molecule has 9 heteroatoms. The SMILES string of the molecule is O=C(N1CCOCC1)N1Cc2c(-c3noc(C4CC4)n3)ncn2-c2ccccc21. The maximum atomic E-state index is 13.3. The van der Waals surface area contributed by atoms with Gasteiger partial charge in [0.1, 0.15) is 12.0 Å². The van der Waals surface area contributed by atoms with E-state index in [-0.39, 0.29) is 6.03 Å². The van der Waals surface area contributed by atoms with Crippen LogP contribution in [0.3, 0.4) is 0 Å². The van der Waals surface area contributed by atoms with Crippen LogP contribution in [0.5, 0.6) is 0 Å². The average molecular weight is 392 g/mol. The molecule has 6 rings (SSSR count). The van der Waals surface area contributed by atoms with Crippen molar-refractivity contribution in [2.75, 3.05) is 31.2 Å². The van der Waals surface area contributed by atoms with E-state index in [9.17, 15) is 4.79 Å². The van der Waals surface area contributed by atoms with Gasteiger partial charge in [0.25, 0.3) is 0 Å². The molecule has 1 aromatic carbocycles. The second kappa shape index (κ2) is 6.41. The number of morpholine rings is 1. The first-order valence-electron chi connectivity index (χ1n) is 9.93. The summed E-state index contributed by atoms with van der Waals surface area (Å²) in [6, 6.07) is 7.85. The second-order valence-corrected chi connectivity index (χ2v) is 7.60. The first kappa shape index (κ1) is 16.7. The largest absolute Gasteiger partial charge is 0.378 e. The van der Waals surface area contributed by atoms with E-state index < -0.39 is 0 Å². The molecule has 2 fully saturated rings. The fourth-order valence-corrected chi connectivity index (χ4v) is 3.97. The zero-order valence-electron chi connectivity index (χ0n) is 15.8. The monoisotopic (exact) mass is 392 g/mol. The van der Waals surface area contributed by atoms with Crippen LogP contribution in [0.4, 0.5) is 10.5 Å². The van der Waals surface area contributed by atoms with Crippen LogP contribution in [0.15, 0.2) is 35.1 Å². The molecule has 1 saturated heterocycles. The summed E-state index contributed by atoms with van der Waals surface area (Å²) < 4.78 is 12.8. The van der Waals surface area contributed by atoms with Crippen LogP contribution in [0.25, 0.3) is 17.2 Å². The van der Waals surface area contributed by atoms with E-state index in [0.29, 0.717) is 56.2 Å². The smallest absolute Gasteiger partial charge is 0.325 e. The van der Waals surface area contributed by atoms with E-state index in [1.54, 1.807) is 6.33 Å². The number of carbonyl (C=O) groups is 1. The van der Waals surface area contributed by atoms with E-state index in [0.717, 1.165) is 29.9 Å². The lowest BCUT2D eigenvalue weighted by Gasteiger charge is -2.36. The topological polar surface area (TPSA) is 89.5 Å². The minimum atomic E-state index is -0.0223. The Labute approximate surface area is 166 Å². The molecule has 0 radical (unpaired) electrons. The molecule has 4 heterocycles. The number of benzene rings is 1. The molecule has 1 aliphatic carbocycles. The first-order chi connectivity index (χ1) is 14.3. The summed E-state index contributed by atoms with van der Waals surface area (Å²) in [6.45, 7) is 2.72. The summed E-state index contributed by atoms with van der Waals surface area (Å²) in [4.78, 5) is 26.1. The van der Waals surface area contributed by atoms with Crippen LogP contribution in [0.1, 0.15) is 30.3 Å². The van der Waals surface area contributed by atoms with Gasteiger partial charge < -0.3 is 14.2 Å². The van der Waals surface area contributed by atoms with Gasteiger partial charge in [-0.1, -0.05) is 17.3 Å². The van der Waals surface area contributed by atoms with E-state index in [4.69, 9.17) is 9.26 Å². The molecule has 29 heavy (non-hydrogen) atoms. The molecule has 2 aliphatic heterocycles. The number of ether oxygens (including phenoxy) is 1. The number of carbonyl (C=O) groups excluding carboxylic acids is 1. The van der Waals surface area contributed by atoms with E-state index in [1.165, 1.54) is 0 Å². The molecule has 0 unspecified atom stereocenters. The van der Waals surface area contributed by atoms with Crippen LogP contribution in [-0.2, 0) is 11.3 Å². The number of amides is 2. The Morgan fingerprint density at radius 1 is 1.10 bits per heavy atom. The molecule has 2 aromatic heterocycles. The molecule has 148 valence electrons. The number of anilines is 1. The van der Waals surface area contributed by atoms with Crippen LogP contribution in [0.2, 0.25) is 0 Å². The lowest BCUT2D eigenvalue weighted by Crippen LogP contribution is -2.49. The van der Waals surface area contributed by atoms with Crippen LogP contribution in [-0.4, -0.2) is 56.9 Å². The summed E-state index contributed by atoms with van der Waals surface area (Å²) in [5.41, 5.74) is 3.33. The van der Waals surface area contributed by atoms with E-state index >= 15 is 0 Å². The molecule has 0 N–H and O–H groups in total. The third kappa shape index (κ3) is 2.72. The second-order valence-electron chi connectivity index (χ2n) is 7.60. The molecular weight excluding hydrogens is 372 g/mol. The lowest BCUT2D eigenvalue weighted by molar-refractivity contribution is 0.0547. The summed E-state index contributed by atoms with van der Waals surface area (Å²) >= 11 is 0. The van der Waals surface area contributed by atoms with Crippen LogP contribution in [0, 0.1) is 0 Å². The Morgan fingerprint density at radius 2 is 1.90 bits per heavy atom. The Balaban J connectivity index is 1.41. The van der Waals surface area contributed by atoms with E-state index in [1.807, 2.05) is 38.6 Å². The van der Waals surface area contributed by atoms with Gasteiger partial charge in [-0.2, -0.15) is 4.98 Å². The van der Waals surface area contributed by atoms with Crippen molar-refractivity contribution in [2.45, 2.75) is 25.3 Å². The van der Waals surface area contributed by atoms with Crippen molar-refractivity contribution < 1.29 is 14.1 Å². The Hall–Kier alpha value is -3.20. The van der Waals surface area contributed by atoms with Crippen molar-refractivity contribution in [2.24, 2.45) is 0 Å². The number of para-hydroxylation sites is 2. The fourth-order valence-electron chi connectivity index (χ4n) is 3.97. The standard InChI is InChI=1S/C20H20N6O3/c27-20(24-7-9-28-10-8-24)25-11-16-17(18-22-19(29-23-18)13-5-6-13)21-12-26(16)15-4-2-1-3-14(15)25/h1-4,12-13H,5-11H2. The Bertz CT molecular complexity index is 1080.